The van der Waals surface area contributed by atoms with Gasteiger partial charge in [0.25, 0.3) is 5.91 Å². The van der Waals surface area contributed by atoms with E-state index in [0.717, 1.165) is 13.0 Å². The summed E-state index contributed by atoms with van der Waals surface area (Å²) in [6.45, 7) is 3.88. The number of carbonyl (C=O) groups is 3. The zero-order chi connectivity index (χ0) is 22.7. The molecule has 2 fully saturated rings. The molecular formula is C25H36N4O3. The first-order valence-electron chi connectivity index (χ1n) is 12.1. The lowest BCUT2D eigenvalue weighted by molar-refractivity contribution is -0.121. The normalized spacial score (nSPS) is 23.5. The topological polar surface area (TPSA) is 73.0 Å². The van der Waals surface area contributed by atoms with Crippen LogP contribution in [0.5, 0.6) is 0 Å². The Morgan fingerprint density at radius 3 is 2.72 bits per heavy atom. The molecule has 0 bridgehead atoms. The van der Waals surface area contributed by atoms with Crippen LogP contribution < -0.4 is 10.2 Å². The van der Waals surface area contributed by atoms with E-state index in [4.69, 9.17) is 0 Å². The van der Waals surface area contributed by atoms with Crippen LogP contribution in [-0.4, -0.2) is 65.9 Å². The number of rotatable bonds is 8. The van der Waals surface area contributed by atoms with Gasteiger partial charge in [-0.25, -0.2) is 0 Å². The van der Waals surface area contributed by atoms with E-state index in [0.29, 0.717) is 43.2 Å². The van der Waals surface area contributed by atoms with Crippen LogP contribution in [0.2, 0.25) is 0 Å². The van der Waals surface area contributed by atoms with E-state index in [9.17, 15) is 14.4 Å². The van der Waals surface area contributed by atoms with Crippen molar-refractivity contribution < 1.29 is 14.4 Å². The summed E-state index contributed by atoms with van der Waals surface area (Å²) in [5.41, 5.74) is 0.516. The van der Waals surface area contributed by atoms with Crippen LogP contribution in [0.3, 0.4) is 0 Å². The predicted octanol–water partition coefficient (Wildman–Crippen LogP) is 3.15. The van der Waals surface area contributed by atoms with E-state index in [1.54, 1.807) is 15.9 Å². The Labute approximate surface area is 191 Å². The standard InChI is InChI=1S/C25H36N4O3/c1-25-15-13-23(31)29(25)21-12-7-6-11-20(21)24(32)28(25)18-14-22(30)26-16-8-17-27(2)19-9-4-3-5-10-19/h6-7,11-12,19H,3-5,8-10,13-18H2,1-2H3,(H,26,30). The molecule has 1 aromatic carbocycles. The molecule has 7 heteroatoms. The molecule has 3 amide bonds. The molecule has 1 aromatic rings. The third kappa shape index (κ3) is 4.40. The van der Waals surface area contributed by atoms with E-state index < -0.39 is 5.66 Å². The van der Waals surface area contributed by atoms with Crippen molar-refractivity contribution in [1.82, 2.24) is 15.1 Å². The molecular weight excluding hydrogens is 404 g/mol. The first-order chi connectivity index (χ1) is 15.4. The third-order valence-electron chi connectivity index (χ3n) is 7.52. The summed E-state index contributed by atoms with van der Waals surface area (Å²) in [4.78, 5) is 44.2. The van der Waals surface area contributed by atoms with Gasteiger partial charge in [0.2, 0.25) is 11.8 Å². The van der Waals surface area contributed by atoms with Gasteiger partial charge in [-0.1, -0.05) is 31.4 Å². The second-order valence-electron chi connectivity index (χ2n) is 9.65. The van der Waals surface area contributed by atoms with Crippen molar-refractivity contribution >= 4 is 23.4 Å². The molecule has 2 heterocycles. The van der Waals surface area contributed by atoms with Gasteiger partial charge in [-0.15, -0.1) is 0 Å². The van der Waals surface area contributed by atoms with Crippen molar-refractivity contribution in [1.29, 1.82) is 0 Å². The summed E-state index contributed by atoms with van der Waals surface area (Å²) in [6, 6.07) is 7.95. The number of para-hydroxylation sites is 1. The lowest BCUT2D eigenvalue weighted by Crippen LogP contribution is -2.62. The van der Waals surface area contributed by atoms with E-state index in [-0.39, 0.29) is 24.1 Å². The number of fused-ring (bicyclic) bond motifs is 3. The minimum absolute atomic E-state index is 0.0315. The highest BCUT2D eigenvalue weighted by Crippen LogP contribution is 2.43. The Hall–Kier alpha value is -2.41. The zero-order valence-electron chi connectivity index (χ0n) is 19.4. The molecule has 1 saturated carbocycles. The van der Waals surface area contributed by atoms with Crippen LogP contribution >= 0.6 is 0 Å². The van der Waals surface area contributed by atoms with Crippen LogP contribution in [-0.2, 0) is 9.59 Å². The minimum atomic E-state index is -0.703. The van der Waals surface area contributed by atoms with Gasteiger partial charge in [0, 0.05) is 32.0 Å². The predicted molar refractivity (Wildman–Crippen MR) is 124 cm³/mol. The second-order valence-corrected chi connectivity index (χ2v) is 9.65. The SMILES string of the molecule is CN(CCCNC(=O)CCN1C(=O)c2ccccc2N2C(=O)CCC12C)C1CCCCC1. The van der Waals surface area contributed by atoms with Crippen LogP contribution in [0.25, 0.3) is 0 Å². The monoisotopic (exact) mass is 440 g/mol. The van der Waals surface area contributed by atoms with E-state index >= 15 is 0 Å². The van der Waals surface area contributed by atoms with Crippen molar-refractivity contribution in [2.45, 2.75) is 76.4 Å². The Balaban J connectivity index is 1.29. The maximum Gasteiger partial charge on any atom is 0.257 e. The molecule has 1 aliphatic carbocycles. The molecule has 0 radical (unpaired) electrons. The molecule has 1 N–H and O–H groups in total. The van der Waals surface area contributed by atoms with Crippen molar-refractivity contribution in [3.8, 4) is 0 Å². The molecule has 32 heavy (non-hydrogen) atoms. The number of benzene rings is 1. The number of nitrogens with one attached hydrogen (secondary N) is 1. The average molecular weight is 441 g/mol. The smallest absolute Gasteiger partial charge is 0.257 e. The maximum absolute atomic E-state index is 13.2. The molecule has 0 spiro atoms. The van der Waals surface area contributed by atoms with Crippen LogP contribution in [0, 0.1) is 0 Å². The lowest BCUT2D eigenvalue weighted by atomic mass is 9.94. The molecule has 2 aliphatic heterocycles. The van der Waals surface area contributed by atoms with Gasteiger partial charge in [-0.05, 0) is 58.3 Å². The van der Waals surface area contributed by atoms with Gasteiger partial charge in [0.1, 0.15) is 5.66 Å². The maximum atomic E-state index is 13.2. The molecule has 1 saturated heterocycles. The molecule has 174 valence electrons. The average Bonchev–Trinajstić information content (AvgIpc) is 3.12. The number of hydrogen-bond donors (Lipinski definition) is 1. The first-order valence-corrected chi connectivity index (χ1v) is 12.1. The molecule has 1 unspecified atom stereocenters. The molecule has 1 atom stereocenters. The number of hydrogen-bond acceptors (Lipinski definition) is 4. The van der Waals surface area contributed by atoms with Crippen molar-refractivity contribution in [2.75, 3.05) is 31.6 Å². The van der Waals surface area contributed by atoms with Crippen molar-refractivity contribution in [3.05, 3.63) is 29.8 Å². The van der Waals surface area contributed by atoms with Gasteiger partial charge in [-0.2, -0.15) is 0 Å². The Bertz CT molecular complexity index is 866. The van der Waals surface area contributed by atoms with E-state index in [1.807, 2.05) is 25.1 Å². The van der Waals surface area contributed by atoms with Crippen LogP contribution in [0.15, 0.2) is 24.3 Å². The lowest BCUT2D eigenvalue weighted by Gasteiger charge is -2.48. The van der Waals surface area contributed by atoms with Gasteiger partial charge >= 0.3 is 0 Å². The summed E-state index contributed by atoms with van der Waals surface area (Å²) in [6.07, 6.45) is 8.74. The van der Waals surface area contributed by atoms with Crippen LogP contribution in [0.4, 0.5) is 5.69 Å². The Morgan fingerprint density at radius 2 is 1.94 bits per heavy atom. The summed E-state index contributed by atoms with van der Waals surface area (Å²) in [7, 11) is 2.19. The van der Waals surface area contributed by atoms with Gasteiger partial charge < -0.3 is 15.1 Å². The summed E-state index contributed by atoms with van der Waals surface area (Å²) < 4.78 is 0. The van der Waals surface area contributed by atoms with Gasteiger partial charge in [0.05, 0.1) is 11.3 Å². The highest BCUT2D eigenvalue weighted by Gasteiger charge is 2.52. The molecule has 3 aliphatic rings. The zero-order valence-corrected chi connectivity index (χ0v) is 19.4. The van der Waals surface area contributed by atoms with E-state index in [2.05, 4.69) is 17.3 Å². The molecule has 0 aromatic heterocycles. The first kappa shape index (κ1) is 22.8. The minimum Gasteiger partial charge on any atom is -0.356 e. The number of nitrogens with zero attached hydrogens (tertiary/aromatic N) is 3. The van der Waals surface area contributed by atoms with Crippen molar-refractivity contribution in [2.24, 2.45) is 0 Å². The summed E-state index contributed by atoms with van der Waals surface area (Å²) >= 11 is 0. The summed E-state index contributed by atoms with van der Waals surface area (Å²) in [5, 5.41) is 3.01. The highest BCUT2D eigenvalue weighted by atomic mass is 16.2. The van der Waals surface area contributed by atoms with E-state index in [1.165, 1.54) is 32.1 Å². The molecule has 4 rings (SSSR count). The fourth-order valence-electron chi connectivity index (χ4n) is 5.60. The Morgan fingerprint density at radius 1 is 1.19 bits per heavy atom. The molecule has 7 nitrogen and oxygen atoms in total. The second kappa shape index (κ2) is 9.61. The number of carbonyl (C=O) groups excluding carboxylic acids is 3. The summed E-state index contributed by atoms with van der Waals surface area (Å²) in [5.74, 6) is -0.114. The van der Waals surface area contributed by atoms with Gasteiger partial charge in [-0.3, -0.25) is 19.3 Å². The fourth-order valence-corrected chi connectivity index (χ4v) is 5.60. The quantitative estimate of drug-likeness (QED) is 0.631. The fraction of sp³-hybridized carbons (Fsp3) is 0.640. The highest BCUT2D eigenvalue weighted by molar-refractivity contribution is 6.10. The number of amides is 3. The van der Waals surface area contributed by atoms with Crippen LogP contribution in [0.1, 0.15) is 75.1 Å². The third-order valence-corrected chi connectivity index (χ3v) is 7.52. The van der Waals surface area contributed by atoms with Gasteiger partial charge in [0.15, 0.2) is 0 Å². The largest absolute Gasteiger partial charge is 0.356 e. The van der Waals surface area contributed by atoms with Crippen molar-refractivity contribution in [3.63, 3.8) is 0 Å². The Kier molecular flexibility index (Phi) is 6.84. The number of anilines is 1.